The minimum Gasteiger partial charge on any atom is -0.465 e. The highest BCUT2D eigenvalue weighted by molar-refractivity contribution is 9.10. The number of hydrogen-bond donors (Lipinski definition) is 0. The average Bonchev–Trinajstić information content (AvgIpc) is 3.75. The normalized spacial score (nSPS) is 14.2. The zero-order valence-electron chi connectivity index (χ0n) is 33.8. The Morgan fingerprint density at radius 2 is 0.982 bits per heavy atom. The summed E-state index contributed by atoms with van der Waals surface area (Å²) in [5.74, 6) is 0.154. The Hall–Kier alpha value is -5.29. The molecular formula is C46H51BrFN5O4. The van der Waals surface area contributed by atoms with Gasteiger partial charge >= 0.3 is 11.9 Å². The molecule has 0 N–H and O–H groups in total. The zero-order valence-corrected chi connectivity index (χ0v) is 34.3. The topological polar surface area (TPSA) is 107 Å². The summed E-state index contributed by atoms with van der Waals surface area (Å²) in [7, 11) is 1.74. The smallest absolute Gasteiger partial charge is 0.337 e. The van der Waals surface area contributed by atoms with Crippen LogP contribution in [0.1, 0.15) is 92.7 Å². The maximum absolute atomic E-state index is 11.9. The first-order valence-electron chi connectivity index (χ1n) is 20.2. The van der Waals surface area contributed by atoms with E-state index in [0.717, 1.165) is 70.8 Å². The molecule has 2 aromatic heterocycles. The van der Waals surface area contributed by atoms with Gasteiger partial charge in [0.05, 0.1) is 55.9 Å². The van der Waals surface area contributed by atoms with E-state index < -0.39 is 7.15 Å². The molecule has 0 bridgehead atoms. The van der Waals surface area contributed by atoms with Crippen LogP contribution in [0.3, 0.4) is 0 Å². The molecule has 0 spiro atoms. The summed E-state index contributed by atoms with van der Waals surface area (Å²) in [6, 6.07) is 30.5. The molecule has 0 atom stereocenters. The lowest BCUT2D eigenvalue weighted by atomic mass is 10.1. The number of aromatic nitrogens is 4. The Morgan fingerprint density at radius 3 is 1.44 bits per heavy atom. The van der Waals surface area contributed by atoms with E-state index in [0.29, 0.717) is 21.2 Å². The molecule has 2 aliphatic rings. The van der Waals surface area contributed by atoms with Crippen LogP contribution in [0.2, 0.25) is 0 Å². The van der Waals surface area contributed by atoms with Gasteiger partial charge in [0.25, 0.3) is 0 Å². The Morgan fingerprint density at radius 1 is 0.579 bits per heavy atom. The minimum absolute atomic E-state index is 0.359. The van der Waals surface area contributed by atoms with Crippen LogP contribution in [0.4, 0.5) is 10.2 Å². The third-order valence-corrected chi connectivity index (χ3v) is 10.4. The highest BCUT2D eigenvalue weighted by Crippen LogP contribution is 2.32. The highest BCUT2D eigenvalue weighted by Gasteiger charge is 2.20. The molecule has 1 saturated heterocycles. The van der Waals surface area contributed by atoms with Crippen molar-refractivity contribution in [1.82, 2.24) is 19.9 Å². The van der Waals surface area contributed by atoms with Gasteiger partial charge in [0, 0.05) is 24.2 Å². The second kappa shape index (κ2) is 22.5. The van der Waals surface area contributed by atoms with E-state index in [4.69, 9.17) is 20.8 Å². The van der Waals surface area contributed by atoms with Crippen LogP contribution >= 0.6 is 15.9 Å². The van der Waals surface area contributed by atoms with Gasteiger partial charge < -0.3 is 14.4 Å². The summed E-state index contributed by atoms with van der Waals surface area (Å²) in [4.78, 5) is 44.7. The fraction of sp³-hybridized carbons (Fsp3) is 0.348. The number of fused-ring (bicyclic) bond motifs is 2. The molecule has 1 saturated carbocycles. The van der Waals surface area contributed by atoms with Gasteiger partial charge in [-0.25, -0.2) is 29.5 Å². The van der Waals surface area contributed by atoms with Gasteiger partial charge in [-0.2, -0.15) is 0 Å². The summed E-state index contributed by atoms with van der Waals surface area (Å²) in [6.07, 6.45) is 15.3. The number of methoxy groups -OCH3 is 2. The van der Waals surface area contributed by atoms with Gasteiger partial charge in [-0.3, -0.25) is 4.39 Å². The Labute approximate surface area is 344 Å². The van der Waals surface area contributed by atoms with Crippen molar-refractivity contribution < 1.29 is 24.8 Å². The van der Waals surface area contributed by atoms with E-state index in [1.807, 2.05) is 54.6 Å². The second-order valence-corrected chi connectivity index (χ2v) is 14.5. The predicted molar refractivity (Wildman–Crippen MR) is 230 cm³/mol. The number of hydrogen-bond acceptors (Lipinski definition) is 9. The SMILES string of the molecule is C1CCCCCC1.COC(=O)c1ccc2nc(-c3ccccc3)c(Br)nc2c1.COC(=O)c1ccc2nc(-c3ccccc3)c(N3CCCCCC3)nc2c1.[2H]CF. The number of halogens is 2. The number of benzene rings is 4. The van der Waals surface area contributed by atoms with Crippen LogP contribution in [0.5, 0.6) is 0 Å². The molecule has 2 fully saturated rings. The lowest BCUT2D eigenvalue weighted by Crippen LogP contribution is -2.26. The fourth-order valence-electron chi connectivity index (χ4n) is 6.88. The van der Waals surface area contributed by atoms with Crippen LogP contribution < -0.4 is 4.90 Å². The van der Waals surface area contributed by atoms with Gasteiger partial charge in [-0.15, -0.1) is 0 Å². The van der Waals surface area contributed by atoms with Crippen molar-refractivity contribution in [3.63, 3.8) is 0 Å². The van der Waals surface area contributed by atoms with Crippen molar-refractivity contribution in [3.05, 3.63) is 113 Å². The first-order valence-corrected chi connectivity index (χ1v) is 20.3. The van der Waals surface area contributed by atoms with Crippen LogP contribution in [-0.2, 0) is 9.47 Å². The number of alkyl halides is 1. The molecule has 1 aliphatic carbocycles. The van der Waals surface area contributed by atoms with Gasteiger partial charge in [-0.1, -0.05) is 118 Å². The van der Waals surface area contributed by atoms with Gasteiger partial charge in [0.2, 0.25) is 0 Å². The highest BCUT2D eigenvalue weighted by atomic mass is 79.9. The summed E-state index contributed by atoms with van der Waals surface area (Å²) < 4.78 is 25.7. The van der Waals surface area contributed by atoms with Crippen molar-refractivity contribution in [2.24, 2.45) is 0 Å². The van der Waals surface area contributed by atoms with Crippen LogP contribution in [0.15, 0.2) is 102 Å². The molecule has 9 nitrogen and oxygen atoms in total. The average molecular weight is 838 g/mol. The molecule has 6 aromatic rings. The summed E-state index contributed by atoms with van der Waals surface area (Å²) in [5.41, 5.74) is 7.53. The first kappa shape index (κ1) is 41.3. The number of rotatable bonds is 5. The lowest BCUT2D eigenvalue weighted by molar-refractivity contribution is 0.0592. The van der Waals surface area contributed by atoms with E-state index in [9.17, 15) is 14.0 Å². The summed E-state index contributed by atoms with van der Waals surface area (Å²) in [6.45, 7) is 1.97. The van der Waals surface area contributed by atoms with E-state index >= 15 is 0 Å². The third-order valence-electron chi connectivity index (χ3n) is 9.86. The Balaban J connectivity index is 0.000000182. The van der Waals surface area contributed by atoms with E-state index in [1.54, 1.807) is 30.3 Å². The number of nitrogens with zero attached hydrogens (tertiary/aromatic N) is 5. The zero-order chi connectivity index (χ0) is 41.1. The number of carbonyl (C=O) groups is 2. The number of ether oxygens (including phenoxy) is 2. The first-order chi connectivity index (χ1) is 28.4. The second-order valence-electron chi connectivity index (χ2n) is 13.8. The number of carbonyl (C=O) groups excluding carboxylic acids is 2. The molecule has 3 heterocycles. The largest absolute Gasteiger partial charge is 0.465 e. The summed E-state index contributed by atoms with van der Waals surface area (Å²) >= 11 is 3.44. The predicted octanol–water partition coefficient (Wildman–Crippen LogP) is 11.6. The van der Waals surface area contributed by atoms with Gasteiger partial charge in [0.1, 0.15) is 16.0 Å². The van der Waals surface area contributed by atoms with Crippen LogP contribution in [0, 0.1) is 0 Å². The van der Waals surface area contributed by atoms with Crippen molar-refractivity contribution in [2.45, 2.75) is 70.6 Å². The molecule has 8 rings (SSSR count). The van der Waals surface area contributed by atoms with Crippen molar-refractivity contribution in [3.8, 4) is 22.5 Å². The molecule has 57 heavy (non-hydrogen) atoms. The molecule has 0 amide bonds. The molecule has 1 aliphatic heterocycles. The van der Waals surface area contributed by atoms with E-state index in [1.165, 1.54) is 72.0 Å². The van der Waals surface area contributed by atoms with Crippen molar-refractivity contribution >= 4 is 55.8 Å². The van der Waals surface area contributed by atoms with Crippen molar-refractivity contribution in [1.29, 1.82) is 0 Å². The molecule has 298 valence electrons. The molecule has 0 radical (unpaired) electrons. The molecule has 4 aromatic carbocycles. The molecule has 11 heteroatoms. The van der Waals surface area contributed by atoms with Gasteiger partial charge in [-0.05, 0) is 65.2 Å². The van der Waals surface area contributed by atoms with Gasteiger partial charge in [0.15, 0.2) is 5.82 Å². The molecular weight excluding hydrogens is 785 g/mol. The number of esters is 2. The Kier molecular flexibility index (Phi) is 16.3. The lowest BCUT2D eigenvalue weighted by Gasteiger charge is -2.24. The fourth-order valence-corrected chi connectivity index (χ4v) is 7.39. The van der Waals surface area contributed by atoms with E-state index in [2.05, 4.69) is 42.9 Å². The minimum atomic E-state index is -1.00. The monoisotopic (exact) mass is 836 g/mol. The quantitative estimate of drug-likeness (QED) is 0.124. The Bertz CT molecular complexity index is 2200. The van der Waals surface area contributed by atoms with Crippen LogP contribution in [0.25, 0.3) is 44.6 Å². The maximum atomic E-state index is 11.9. The number of anilines is 1. The third kappa shape index (κ3) is 11.9. The standard InChI is InChI=1S/C22H23N3O2.C16H11BrN2O2.C7H14.CH3F/c1-27-22(26)17-11-12-18-19(15-17)24-21(25-13-7-2-3-8-14-25)20(23-18)16-9-5-4-6-10-16;1-21-16(20)11-7-8-12-13(9-11)19-15(17)14(18-12)10-5-3-2-4-6-10;1-2-4-6-7-5-3-1;1-2/h4-6,9-12,15H,2-3,7-8,13-14H2,1H3;2-9H,1H3;1-7H2;1H3/i;;;1D. The summed E-state index contributed by atoms with van der Waals surface area (Å²) in [5, 5.41) is 0. The van der Waals surface area contributed by atoms with Crippen LogP contribution in [-0.4, -0.2) is 66.3 Å². The van der Waals surface area contributed by atoms with Crippen molar-refractivity contribution in [2.75, 3.05) is 39.4 Å². The molecule has 0 unspecified atom stereocenters. The maximum Gasteiger partial charge on any atom is 0.337 e. The van der Waals surface area contributed by atoms with E-state index in [-0.39, 0.29) is 11.9 Å².